The molecule has 2 aromatic rings. The highest BCUT2D eigenvalue weighted by atomic mass is 16.5. The van der Waals surface area contributed by atoms with Gasteiger partial charge in [0.25, 0.3) is 0 Å². The van der Waals surface area contributed by atoms with E-state index in [2.05, 4.69) is 11.4 Å². The van der Waals surface area contributed by atoms with Gasteiger partial charge in [-0.05, 0) is 29.7 Å². The summed E-state index contributed by atoms with van der Waals surface area (Å²) in [5, 5.41) is 2.91. The summed E-state index contributed by atoms with van der Waals surface area (Å²) in [7, 11) is 0. The Morgan fingerprint density at radius 1 is 1.19 bits per heavy atom. The van der Waals surface area contributed by atoms with E-state index >= 15 is 0 Å². The summed E-state index contributed by atoms with van der Waals surface area (Å²) in [4.78, 5) is 12.1. The monoisotopic (exact) mass is 282 g/mol. The van der Waals surface area contributed by atoms with Gasteiger partial charge in [0.1, 0.15) is 12.4 Å². The number of ether oxygens (including phenoxy) is 1. The van der Waals surface area contributed by atoms with Gasteiger partial charge in [-0.1, -0.05) is 36.4 Å². The van der Waals surface area contributed by atoms with Gasteiger partial charge in [-0.25, -0.2) is 0 Å². The maximum absolute atomic E-state index is 12.1. The molecule has 0 fully saturated rings. The minimum atomic E-state index is -0.0111. The van der Waals surface area contributed by atoms with Crippen LogP contribution in [-0.4, -0.2) is 19.1 Å². The van der Waals surface area contributed by atoms with Gasteiger partial charge in [0.2, 0.25) is 5.91 Å². The lowest BCUT2D eigenvalue weighted by atomic mass is 9.77. The summed E-state index contributed by atoms with van der Waals surface area (Å²) in [6.45, 7) is 0.889. The normalized spacial score (nSPS) is 15.7. The number of carbonyl (C=O) groups is 1. The number of hydrogen-bond acceptors (Lipinski definition) is 3. The maximum Gasteiger partial charge on any atom is 0.228 e. The molecule has 0 heterocycles. The second kappa shape index (κ2) is 5.87. The Bertz CT molecular complexity index is 655. The molecule has 0 bridgehead atoms. The van der Waals surface area contributed by atoms with Gasteiger partial charge in [-0.15, -0.1) is 0 Å². The molecule has 0 saturated carbocycles. The zero-order valence-electron chi connectivity index (χ0n) is 11.7. The fraction of sp³-hybridized carbons (Fsp3) is 0.235. The van der Waals surface area contributed by atoms with Crippen LogP contribution in [0.2, 0.25) is 0 Å². The molecule has 1 unspecified atom stereocenters. The predicted octanol–water partition coefficient (Wildman–Crippen LogP) is 2.10. The Balaban J connectivity index is 1.45. The molecule has 0 radical (unpaired) electrons. The van der Waals surface area contributed by atoms with Crippen LogP contribution in [0.25, 0.3) is 0 Å². The quantitative estimate of drug-likeness (QED) is 0.652. The predicted molar refractivity (Wildman–Crippen MR) is 82.2 cm³/mol. The van der Waals surface area contributed by atoms with E-state index < -0.39 is 0 Å². The Morgan fingerprint density at radius 2 is 1.95 bits per heavy atom. The first-order chi connectivity index (χ1) is 10.3. The molecule has 4 nitrogen and oxygen atoms in total. The second-order valence-electron chi connectivity index (χ2n) is 5.13. The van der Waals surface area contributed by atoms with Crippen LogP contribution >= 0.6 is 0 Å². The molecular weight excluding hydrogens is 264 g/mol. The van der Waals surface area contributed by atoms with Crippen molar-refractivity contribution < 1.29 is 9.53 Å². The largest absolute Gasteiger partial charge is 0.490 e. The van der Waals surface area contributed by atoms with E-state index in [0.29, 0.717) is 24.6 Å². The van der Waals surface area contributed by atoms with E-state index in [-0.39, 0.29) is 11.8 Å². The highest BCUT2D eigenvalue weighted by molar-refractivity contribution is 5.86. The molecule has 108 valence electrons. The van der Waals surface area contributed by atoms with Crippen molar-refractivity contribution >= 4 is 11.6 Å². The van der Waals surface area contributed by atoms with E-state index in [0.717, 1.165) is 12.0 Å². The van der Waals surface area contributed by atoms with Gasteiger partial charge in [0, 0.05) is 0 Å². The van der Waals surface area contributed by atoms with Crippen molar-refractivity contribution in [3.05, 3.63) is 59.7 Å². The van der Waals surface area contributed by atoms with Crippen LogP contribution in [0.1, 0.15) is 17.0 Å². The second-order valence-corrected chi connectivity index (χ2v) is 5.13. The smallest absolute Gasteiger partial charge is 0.228 e. The van der Waals surface area contributed by atoms with Crippen molar-refractivity contribution in [2.45, 2.75) is 12.3 Å². The van der Waals surface area contributed by atoms with Crippen molar-refractivity contribution in [1.29, 1.82) is 0 Å². The Hall–Kier alpha value is -2.49. The van der Waals surface area contributed by atoms with Crippen LogP contribution < -0.4 is 15.8 Å². The minimum absolute atomic E-state index is 0.0111. The van der Waals surface area contributed by atoms with Crippen LogP contribution in [0.5, 0.6) is 5.75 Å². The first-order valence-corrected chi connectivity index (χ1v) is 7.08. The van der Waals surface area contributed by atoms with Gasteiger partial charge >= 0.3 is 0 Å². The molecule has 1 aliphatic rings. The highest BCUT2D eigenvalue weighted by Crippen LogP contribution is 2.34. The average Bonchev–Trinajstić information content (AvgIpc) is 2.46. The highest BCUT2D eigenvalue weighted by Gasteiger charge is 2.31. The van der Waals surface area contributed by atoms with Gasteiger partial charge in [0.05, 0.1) is 18.2 Å². The van der Waals surface area contributed by atoms with Gasteiger partial charge in [-0.3, -0.25) is 4.79 Å². The van der Waals surface area contributed by atoms with Crippen molar-refractivity contribution in [2.24, 2.45) is 0 Å². The molecule has 4 heteroatoms. The van der Waals surface area contributed by atoms with Crippen molar-refractivity contribution in [3.63, 3.8) is 0 Å². The summed E-state index contributed by atoms with van der Waals surface area (Å²) >= 11 is 0. The molecule has 0 spiro atoms. The molecule has 3 rings (SSSR count). The number of hydrogen-bond donors (Lipinski definition) is 2. The van der Waals surface area contributed by atoms with Crippen LogP contribution in [0.3, 0.4) is 0 Å². The molecule has 2 aromatic carbocycles. The lowest BCUT2D eigenvalue weighted by molar-refractivity contribution is -0.123. The van der Waals surface area contributed by atoms with Crippen molar-refractivity contribution in [2.75, 3.05) is 18.9 Å². The first kappa shape index (κ1) is 13.5. The standard InChI is InChI=1S/C17H18N2O2/c18-15-7-3-4-8-16(15)21-10-9-19-17(20)14-11-12-5-1-2-6-13(12)14/h1-8,14H,9-11,18H2,(H,19,20). The topological polar surface area (TPSA) is 64.3 Å². The van der Waals surface area contributed by atoms with Gasteiger partial charge < -0.3 is 15.8 Å². The van der Waals surface area contributed by atoms with Crippen LogP contribution in [-0.2, 0) is 11.2 Å². The third-order valence-corrected chi connectivity index (χ3v) is 3.75. The van der Waals surface area contributed by atoms with Crippen LogP contribution in [0, 0.1) is 0 Å². The number of rotatable bonds is 5. The number of amides is 1. The Labute approximate surface area is 123 Å². The summed E-state index contributed by atoms with van der Waals surface area (Å²) in [5.74, 6) is 0.710. The maximum atomic E-state index is 12.1. The van der Waals surface area contributed by atoms with E-state index in [1.54, 1.807) is 6.07 Å². The number of para-hydroxylation sites is 2. The summed E-state index contributed by atoms with van der Waals surface area (Å²) in [6.07, 6.45) is 0.828. The molecular formula is C17H18N2O2. The molecule has 1 aliphatic carbocycles. The van der Waals surface area contributed by atoms with Crippen LogP contribution in [0.15, 0.2) is 48.5 Å². The Morgan fingerprint density at radius 3 is 2.76 bits per heavy atom. The number of anilines is 1. The van der Waals surface area contributed by atoms with Gasteiger partial charge in [0.15, 0.2) is 0 Å². The average molecular weight is 282 g/mol. The summed E-state index contributed by atoms with van der Waals surface area (Å²) in [5.41, 5.74) is 8.80. The zero-order chi connectivity index (χ0) is 14.7. The molecule has 21 heavy (non-hydrogen) atoms. The van der Waals surface area contributed by atoms with E-state index in [1.165, 1.54) is 5.56 Å². The number of carbonyl (C=O) groups excluding carboxylic acids is 1. The number of benzene rings is 2. The lowest BCUT2D eigenvalue weighted by Gasteiger charge is -2.28. The molecule has 0 saturated heterocycles. The van der Waals surface area contributed by atoms with Crippen molar-refractivity contribution in [3.8, 4) is 5.75 Å². The number of nitrogens with two attached hydrogens (primary N) is 1. The third kappa shape index (κ3) is 2.84. The number of nitrogens with one attached hydrogen (secondary N) is 1. The lowest BCUT2D eigenvalue weighted by Crippen LogP contribution is -2.37. The SMILES string of the molecule is Nc1ccccc1OCCNC(=O)C1Cc2ccccc21. The molecule has 0 aromatic heterocycles. The van der Waals surface area contributed by atoms with Crippen LogP contribution in [0.4, 0.5) is 5.69 Å². The third-order valence-electron chi connectivity index (χ3n) is 3.75. The van der Waals surface area contributed by atoms with Crippen molar-refractivity contribution in [1.82, 2.24) is 5.32 Å². The Kier molecular flexibility index (Phi) is 3.77. The first-order valence-electron chi connectivity index (χ1n) is 7.08. The number of nitrogen functional groups attached to an aromatic ring is 1. The van der Waals surface area contributed by atoms with Gasteiger partial charge in [-0.2, -0.15) is 0 Å². The zero-order valence-corrected chi connectivity index (χ0v) is 11.7. The summed E-state index contributed by atoms with van der Waals surface area (Å²) in [6, 6.07) is 15.4. The fourth-order valence-electron chi connectivity index (χ4n) is 2.56. The van der Waals surface area contributed by atoms with E-state index in [9.17, 15) is 4.79 Å². The number of fused-ring (bicyclic) bond motifs is 1. The summed E-state index contributed by atoms with van der Waals surface area (Å²) < 4.78 is 5.55. The molecule has 1 amide bonds. The molecule has 1 atom stereocenters. The molecule has 3 N–H and O–H groups in total. The molecule has 0 aliphatic heterocycles. The fourth-order valence-corrected chi connectivity index (χ4v) is 2.56. The van der Waals surface area contributed by atoms with E-state index in [1.807, 2.05) is 36.4 Å². The minimum Gasteiger partial charge on any atom is -0.490 e. The van der Waals surface area contributed by atoms with E-state index in [4.69, 9.17) is 10.5 Å².